The summed E-state index contributed by atoms with van der Waals surface area (Å²) in [7, 11) is 0. The van der Waals surface area contributed by atoms with Gasteiger partial charge in [-0.25, -0.2) is 4.99 Å². The van der Waals surface area contributed by atoms with Crippen molar-refractivity contribution < 1.29 is 0 Å². The van der Waals surface area contributed by atoms with Gasteiger partial charge in [-0.3, -0.25) is 5.01 Å². The van der Waals surface area contributed by atoms with Gasteiger partial charge in [-0.1, -0.05) is 161 Å². The molecule has 3 heterocycles. The molecule has 0 bridgehead atoms. The SMILES string of the molecule is CC1(C)C2=C(c3ccccc31)N(C1N=C(c3ccccc3)N3C(c4ccccc4)N13)C1=C(c3ccccc32)C(C)(C)c2ccccc21. The monoisotopic (exact) mass is 608 g/mol. The van der Waals surface area contributed by atoms with Gasteiger partial charge in [0.1, 0.15) is 6.17 Å². The normalized spacial score (nSPS) is 23.7. The van der Waals surface area contributed by atoms with Crippen molar-refractivity contribution in [3.8, 4) is 0 Å². The van der Waals surface area contributed by atoms with Crippen molar-refractivity contribution >= 4 is 28.4 Å². The molecule has 10 rings (SSSR count). The Balaban J connectivity index is 1.31. The van der Waals surface area contributed by atoms with Crippen LogP contribution in [0.15, 0.2) is 138 Å². The van der Waals surface area contributed by atoms with Gasteiger partial charge in [-0.2, -0.15) is 0 Å². The van der Waals surface area contributed by atoms with Gasteiger partial charge >= 0.3 is 0 Å². The highest BCUT2D eigenvalue weighted by atomic mass is 15.9. The maximum absolute atomic E-state index is 5.68. The van der Waals surface area contributed by atoms with E-state index in [0.29, 0.717) is 0 Å². The van der Waals surface area contributed by atoms with Gasteiger partial charge in [-0.05, 0) is 39.0 Å². The van der Waals surface area contributed by atoms with E-state index in [1.54, 1.807) is 0 Å². The second-order valence-electron chi connectivity index (χ2n) is 14.4. The topological polar surface area (TPSA) is 21.6 Å². The first-order valence-corrected chi connectivity index (χ1v) is 16.7. The van der Waals surface area contributed by atoms with Crippen molar-refractivity contribution in [3.05, 3.63) is 178 Å². The molecule has 5 aliphatic rings. The summed E-state index contributed by atoms with van der Waals surface area (Å²) in [4.78, 5) is 8.32. The Morgan fingerprint density at radius 1 is 0.511 bits per heavy atom. The van der Waals surface area contributed by atoms with E-state index < -0.39 is 0 Å². The van der Waals surface area contributed by atoms with Gasteiger partial charge in [-0.15, -0.1) is 5.01 Å². The quantitative estimate of drug-likeness (QED) is 0.191. The third kappa shape index (κ3) is 3.43. The standard InChI is InChI=1S/C43H36N4/c1-42(2)33-25-15-13-23-31(33)37-35(42)29-21-11-12-22-30(29)36-38(32-24-14-16-26-34(32)43(36,3)4)45(37)41-44-39(27-17-7-5-8-18-27)46-40(47(41)46)28-19-9-6-10-20-28/h5-26,40-41H,1-4H3. The summed E-state index contributed by atoms with van der Waals surface area (Å²) in [6.07, 6.45) is -0.175. The molecular weight excluding hydrogens is 573 g/mol. The van der Waals surface area contributed by atoms with Crippen LogP contribution in [-0.4, -0.2) is 27.0 Å². The first-order valence-electron chi connectivity index (χ1n) is 16.7. The highest BCUT2D eigenvalue weighted by Crippen LogP contribution is 2.64. The maximum atomic E-state index is 5.68. The Hall–Kier alpha value is -5.19. The van der Waals surface area contributed by atoms with Crippen molar-refractivity contribution in [3.63, 3.8) is 0 Å². The summed E-state index contributed by atoms with van der Waals surface area (Å²) in [6.45, 7) is 9.62. The van der Waals surface area contributed by atoms with Crippen LogP contribution in [0.1, 0.15) is 78.4 Å². The predicted molar refractivity (Wildman–Crippen MR) is 190 cm³/mol. The van der Waals surface area contributed by atoms with Crippen LogP contribution < -0.4 is 0 Å². The molecule has 0 radical (unpaired) electrons. The number of aliphatic imine (C=N–C) groups is 1. The second kappa shape index (κ2) is 9.21. The Morgan fingerprint density at radius 2 is 0.957 bits per heavy atom. The summed E-state index contributed by atoms with van der Waals surface area (Å²) >= 11 is 0. The van der Waals surface area contributed by atoms with Crippen LogP contribution >= 0.6 is 0 Å². The van der Waals surface area contributed by atoms with Crippen LogP contribution in [0, 0.1) is 0 Å². The molecule has 5 aromatic rings. The average molecular weight is 609 g/mol. The smallest absolute Gasteiger partial charge is 0.204 e. The van der Waals surface area contributed by atoms with E-state index in [4.69, 9.17) is 4.99 Å². The van der Waals surface area contributed by atoms with Crippen LogP contribution in [0.25, 0.3) is 22.5 Å². The largest absolute Gasteiger partial charge is 0.303 e. The number of nitrogens with zero attached hydrogens (tertiary/aromatic N) is 4. The third-order valence-corrected chi connectivity index (χ3v) is 11.1. The van der Waals surface area contributed by atoms with E-state index in [9.17, 15) is 0 Å². The molecule has 0 aromatic heterocycles. The lowest BCUT2D eigenvalue weighted by Gasteiger charge is -2.34. The van der Waals surface area contributed by atoms with Gasteiger partial charge in [0.05, 0.1) is 11.4 Å². The Labute approximate surface area is 276 Å². The van der Waals surface area contributed by atoms with Crippen molar-refractivity contribution in [2.75, 3.05) is 0 Å². The number of fused-ring (bicyclic) bond motifs is 8. The molecule has 2 aliphatic carbocycles. The number of rotatable bonds is 3. The summed E-state index contributed by atoms with van der Waals surface area (Å²) in [6, 6.07) is 48.8. The third-order valence-electron chi connectivity index (χ3n) is 11.1. The molecule has 0 saturated carbocycles. The Kier molecular flexibility index (Phi) is 5.28. The highest BCUT2D eigenvalue weighted by Gasteiger charge is 2.61. The molecule has 0 spiro atoms. The molecule has 3 aliphatic heterocycles. The number of allylic oxidation sites excluding steroid dienone is 2. The molecule has 0 amide bonds. The molecule has 4 nitrogen and oxygen atoms in total. The molecule has 4 heteroatoms. The zero-order chi connectivity index (χ0) is 31.7. The maximum Gasteiger partial charge on any atom is 0.204 e. The van der Waals surface area contributed by atoms with Gasteiger partial charge in [0.2, 0.25) is 6.29 Å². The summed E-state index contributed by atoms with van der Waals surface area (Å²) < 4.78 is 0. The molecule has 1 saturated heterocycles. The molecule has 1 fully saturated rings. The summed E-state index contributed by atoms with van der Waals surface area (Å²) in [5.74, 6) is 1.02. The van der Waals surface area contributed by atoms with Crippen molar-refractivity contribution in [1.82, 2.24) is 14.9 Å². The fourth-order valence-corrected chi connectivity index (χ4v) is 9.05. The van der Waals surface area contributed by atoms with E-state index in [1.807, 2.05) is 0 Å². The van der Waals surface area contributed by atoms with Crippen LogP contribution in [-0.2, 0) is 10.8 Å². The van der Waals surface area contributed by atoms with Crippen LogP contribution in [0.3, 0.4) is 0 Å². The lowest BCUT2D eigenvalue weighted by Crippen LogP contribution is -2.36. The molecule has 5 aromatic carbocycles. The van der Waals surface area contributed by atoms with E-state index in [1.165, 1.54) is 61.5 Å². The average Bonchev–Trinajstić information content (AvgIpc) is 3.60. The van der Waals surface area contributed by atoms with Gasteiger partial charge in [0.15, 0.2) is 5.84 Å². The van der Waals surface area contributed by atoms with Crippen molar-refractivity contribution in [1.29, 1.82) is 0 Å². The van der Waals surface area contributed by atoms with E-state index in [2.05, 4.69) is 176 Å². The first kappa shape index (κ1) is 27.0. The number of benzene rings is 5. The zero-order valence-electron chi connectivity index (χ0n) is 27.1. The minimum Gasteiger partial charge on any atom is -0.303 e. The number of hydrogen-bond acceptors (Lipinski definition) is 4. The Bertz CT molecular complexity index is 2120. The number of amidine groups is 1. The first-order chi connectivity index (χ1) is 22.9. The summed E-state index contributed by atoms with van der Waals surface area (Å²) in [5, 5.41) is 4.90. The van der Waals surface area contributed by atoms with Gasteiger partial charge in [0, 0.05) is 27.5 Å². The minimum absolute atomic E-state index is 0.0990. The fraction of sp³-hybridized carbons (Fsp3) is 0.186. The zero-order valence-corrected chi connectivity index (χ0v) is 27.1. The Morgan fingerprint density at radius 3 is 1.49 bits per heavy atom. The number of hydrazine groups is 1. The van der Waals surface area contributed by atoms with Crippen molar-refractivity contribution in [2.24, 2.45) is 4.99 Å². The van der Waals surface area contributed by atoms with Crippen LogP contribution in [0.4, 0.5) is 0 Å². The summed E-state index contributed by atoms with van der Waals surface area (Å²) in [5.41, 5.74) is 15.3. The molecule has 0 N–H and O–H groups in total. The number of hydrogen-bond donors (Lipinski definition) is 0. The molecular formula is C43H36N4. The predicted octanol–water partition coefficient (Wildman–Crippen LogP) is 9.30. The molecule has 47 heavy (non-hydrogen) atoms. The highest BCUT2D eigenvalue weighted by molar-refractivity contribution is 6.14. The van der Waals surface area contributed by atoms with E-state index >= 15 is 0 Å². The molecule has 3 unspecified atom stereocenters. The minimum atomic E-state index is -0.274. The lowest BCUT2D eigenvalue weighted by atomic mass is 9.73. The van der Waals surface area contributed by atoms with E-state index in [-0.39, 0.29) is 23.3 Å². The fourth-order valence-electron chi connectivity index (χ4n) is 9.05. The second-order valence-corrected chi connectivity index (χ2v) is 14.4. The van der Waals surface area contributed by atoms with Crippen molar-refractivity contribution in [2.45, 2.75) is 51.0 Å². The molecule has 3 atom stereocenters. The van der Waals surface area contributed by atoms with E-state index in [0.717, 1.165) is 11.4 Å². The molecule has 228 valence electrons. The van der Waals surface area contributed by atoms with Crippen LogP contribution in [0.5, 0.6) is 0 Å². The van der Waals surface area contributed by atoms with Gasteiger partial charge < -0.3 is 4.90 Å². The van der Waals surface area contributed by atoms with Crippen LogP contribution in [0.2, 0.25) is 0 Å². The van der Waals surface area contributed by atoms with Gasteiger partial charge in [0.25, 0.3) is 0 Å². The lowest BCUT2D eigenvalue weighted by molar-refractivity contribution is 0.219.